The molecule has 0 saturated carbocycles. The average Bonchev–Trinajstić information content (AvgIpc) is 2.66. The van der Waals surface area contributed by atoms with E-state index in [-0.39, 0.29) is 6.42 Å². The van der Waals surface area contributed by atoms with Crippen LogP contribution in [0.15, 0.2) is 18.2 Å². The monoisotopic (exact) mass is 380 g/mol. The highest BCUT2D eigenvalue weighted by molar-refractivity contribution is 5.94. The third kappa shape index (κ3) is 7.86. The lowest BCUT2D eigenvalue weighted by Crippen LogP contribution is -2.94. The minimum Gasteiger partial charge on any atom is -0.544 e. The summed E-state index contributed by atoms with van der Waals surface area (Å²) < 4.78 is 10.4. The standard InChI is InChI=1S/C20H32N2O5/c1-5-7-8-14(6-2)13-21-17(20(24)25)12-19(23)22-16-11-15(26-3)9-10-18(16)27-4/h9-11,14,17,21H,5-8,12-13H2,1-4H3,(H,22,23)(H,24,25)/t14-,17+/m0/s1. The number of carboxylic acids is 1. The maximum atomic E-state index is 12.4. The Balaban J connectivity index is 2.69. The van der Waals surface area contributed by atoms with Crippen molar-refractivity contribution in [1.82, 2.24) is 0 Å². The summed E-state index contributed by atoms with van der Waals surface area (Å²) in [6, 6.07) is 4.10. The maximum Gasteiger partial charge on any atom is 0.230 e. The molecule has 3 N–H and O–H groups in total. The topological polar surface area (TPSA) is 104 Å². The molecule has 7 heteroatoms. The van der Waals surface area contributed by atoms with Crippen molar-refractivity contribution in [2.24, 2.45) is 5.92 Å². The second-order valence-electron chi connectivity index (χ2n) is 6.63. The Morgan fingerprint density at radius 3 is 2.52 bits per heavy atom. The number of nitrogens with one attached hydrogen (secondary N) is 1. The van der Waals surface area contributed by atoms with Gasteiger partial charge in [0.25, 0.3) is 0 Å². The predicted octanol–water partition coefficient (Wildman–Crippen LogP) is 0.931. The van der Waals surface area contributed by atoms with Crippen LogP contribution in [0.3, 0.4) is 0 Å². The van der Waals surface area contributed by atoms with E-state index in [0.29, 0.717) is 29.6 Å². The summed E-state index contributed by atoms with van der Waals surface area (Å²) in [7, 11) is 3.02. The smallest absolute Gasteiger partial charge is 0.230 e. The number of carboxylic acid groups (broad SMARTS) is 1. The van der Waals surface area contributed by atoms with E-state index in [0.717, 1.165) is 25.7 Å². The fraction of sp³-hybridized carbons (Fsp3) is 0.600. The van der Waals surface area contributed by atoms with Crippen molar-refractivity contribution in [3.05, 3.63) is 18.2 Å². The number of quaternary nitrogens is 1. The van der Waals surface area contributed by atoms with E-state index < -0.39 is 17.9 Å². The molecule has 0 aliphatic rings. The molecular weight excluding hydrogens is 348 g/mol. The molecule has 1 aromatic rings. The summed E-state index contributed by atoms with van der Waals surface area (Å²) in [6.45, 7) is 4.91. The molecule has 7 nitrogen and oxygen atoms in total. The molecule has 1 rings (SSSR count). The Bertz CT molecular complexity index is 606. The number of ether oxygens (including phenoxy) is 2. The van der Waals surface area contributed by atoms with Crippen LogP contribution >= 0.6 is 0 Å². The molecule has 0 fully saturated rings. The second kappa shape index (κ2) is 12.2. The van der Waals surface area contributed by atoms with Gasteiger partial charge in [0.2, 0.25) is 5.91 Å². The molecule has 2 atom stereocenters. The first kappa shape index (κ1) is 22.8. The predicted molar refractivity (Wildman–Crippen MR) is 102 cm³/mol. The number of unbranched alkanes of at least 4 members (excludes halogenated alkanes) is 1. The summed E-state index contributed by atoms with van der Waals surface area (Å²) in [4.78, 5) is 23.8. The first-order chi connectivity index (χ1) is 12.9. The highest BCUT2D eigenvalue weighted by Gasteiger charge is 2.21. The second-order valence-corrected chi connectivity index (χ2v) is 6.63. The van der Waals surface area contributed by atoms with E-state index in [2.05, 4.69) is 19.2 Å². The fourth-order valence-corrected chi connectivity index (χ4v) is 2.91. The molecule has 0 aliphatic carbocycles. The molecular formula is C20H32N2O5. The minimum atomic E-state index is -1.23. The summed E-state index contributed by atoms with van der Waals surface area (Å²) >= 11 is 0. The van der Waals surface area contributed by atoms with Crippen LogP contribution in [-0.2, 0) is 9.59 Å². The van der Waals surface area contributed by atoms with Gasteiger partial charge in [-0.05, 0) is 25.0 Å². The first-order valence-electron chi connectivity index (χ1n) is 9.51. The molecule has 0 unspecified atom stereocenters. The van der Waals surface area contributed by atoms with Crippen LogP contribution in [-0.4, -0.2) is 38.7 Å². The van der Waals surface area contributed by atoms with Crippen molar-refractivity contribution < 1.29 is 29.5 Å². The molecule has 0 heterocycles. The highest BCUT2D eigenvalue weighted by atomic mass is 16.5. The van der Waals surface area contributed by atoms with Crippen LogP contribution in [0.1, 0.15) is 46.0 Å². The van der Waals surface area contributed by atoms with Crippen LogP contribution in [0.5, 0.6) is 11.5 Å². The van der Waals surface area contributed by atoms with Crippen LogP contribution in [0.2, 0.25) is 0 Å². The molecule has 0 radical (unpaired) electrons. The molecule has 0 aromatic heterocycles. The van der Waals surface area contributed by atoms with Crippen LogP contribution in [0.25, 0.3) is 0 Å². The molecule has 1 aromatic carbocycles. The lowest BCUT2D eigenvalue weighted by molar-refractivity contribution is -0.687. The van der Waals surface area contributed by atoms with E-state index in [4.69, 9.17) is 9.47 Å². The van der Waals surface area contributed by atoms with Crippen molar-refractivity contribution in [2.45, 2.75) is 52.0 Å². The van der Waals surface area contributed by atoms with Gasteiger partial charge in [-0.25, -0.2) is 0 Å². The van der Waals surface area contributed by atoms with Crippen molar-refractivity contribution in [2.75, 3.05) is 26.1 Å². The highest BCUT2D eigenvalue weighted by Crippen LogP contribution is 2.28. The number of benzene rings is 1. The quantitative estimate of drug-likeness (QED) is 0.530. The number of hydrogen-bond donors (Lipinski definition) is 2. The molecule has 1 amide bonds. The third-order valence-corrected chi connectivity index (χ3v) is 4.69. The maximum absolute atomic E-state index is 12.4. The Hall–Kier alpha value is -2.28. The number of methoxy groups -OCH3 is 2. The van der Waals surface area contributed by atoms with E-state index in [1.807, 2.05) is 0 Å². The lowest BCUT2D eigenvalue weighted by atomic mass is 9.99. The van der Waals surface area contributed by atoms with E-state index >= 15 is 0 Å². The zero-order valence-corrected chi connectivity index (χ0v) is 16.7. The SMILES string of the molecule is CCCC[C@H](CC)C[NH2+][C@H](CC(=O)Nc1cc(OC)ccc1OC)C(=O)[O-]. The van der Waals surface area contributed by atoms with Gasteiger partial charge in [0, 0.05) is 12.0 Å². The molecule has 0 bridgehead atoms. The first-order valence-corrected chi connectivity index (χ1v) is 9.51. The number of rotatable bonds is 13. The summed E-state index contributed by atoms with van der Waals surface area (Å²) in [5, 5.41) is 15.9. The van der Waals surface area contributed by atoms with Gasteiger partial charge in [0.1, 0.15) is 17.5 Å². The van der Waals surface area contributed by atoms with Crippen molar-refractivity contribution >= 4 is 17.6 Å². The van der Waals surface area contributed by atoms with Crippen LogP contribution in [0, 0.1) is 5.92 Å². The Morgan fingerprint density at radius 2 is 1.96 bits per heavy atom. The van der Waals surface area contributed by atoms with E-state index in [1.165, 1.54) is 14.2 Å². The van der Waals surface area contributed by atoms with E-state index in [9.17, 15) is 14.7 Å². The van der Waals surface area contributed by atoms with Crippen molar-refractivity contribution in [3.63, 3.8) is 0 Å². The van der Waals surface area contributed by atoms with Gasteiger partial charge in [-0.15, -0.1) is 0 Å². The number of aliphatic carboxylic acids is 1. The van der Waals surface area contributed by atoms with Gasteiger partial charge in [0.05, 0.1) is 38.8 Å². The summed E-state index contributed by atoms with van der Waals surface area (Å²) in [5.41, 5.74) is 0.438. The number of hydrogen-bond acceptors (Lipinski definition) is 5. The summed E-state index contributed by atoms with van der Waals surface area (Å²) in [5.74, 6) is -0.158. The number of anilines is 1. The number of carbonyl (C=O) groups is 2. The van der Waals surface area contributed by atoms with E-state index in [1.54, 1.807) is 23.5 Å². The van der Waals surface area contributed by atoms with Gasteiger partial charge < -0.3 is 30.0 Å². The van der Waals surface area contributed by atoms with Crippen LogP contribution in [0.4, 0.5) is 5.69 Å². The van der Waals surface area contributed by atoms with Gasteiger partial charge in [0.15, 0.2) is 0 Å². The van der Waals surface area contributed by atoms with Crippen LogP contribution < -0.4 is 25.2 Å². The number of carbonyl (C=O) groups excluding carboxylic acids is 2. The minimum absolute atomic E-state index is 0.174. The Kier molecular flexibility index (Phi) is 10.3. The zero-order chi connectivity index (χ0) is 20.2. The molecule has 152 valence electrons. The number of nitrogens with two attached hydrogens (primary N) is 1. The molecule has 0 spiro atoms. The molecule has 27 heavy (non-hydrogen) atoms. The zero-order valence-electron chi connectivity index (χ0n) is 16.7. The summed E-state index contributed by atoms with van der Waals surface area (Å²) in [6.07, 6.45) is 4.12. The Morgan fingerprint density at radius 1 is 1.22 bits per heavy atom. The fourth-order valence-electron chi connectivity index (χ4n) is 2.91. The lowest BCUT2D eigenvalue weighted by Gasteiger charge is -2.20. The van der Waals surface area contributed by atoms with Gasteiger partial charge in [-0.1, -0.05) is 26.7 Å². The van der Waals surface area contributed by atoms with Crippen molar-refractivity contribution in [3.8, 4) is 11.5 Å². The van der Waals surface area contributed by atoms with Gasteiger partial charge in [-0.2, -0.15) is 0 Å². The van der Waals surface area contributed by atoms with Gasteiger partial charge >= 0.3 is 0 Å². The third-order valence-electron chi connectivity index (χ3n) is 4.69. The average molecular weight is 380 g/mol. The molecule has 0 saturated heterocycles. The molecule has 0 aliphatic heterocycles. The van der Waals surface area contributed by atoms with Crippen molar-refractivity contribution in [1.29, 1.82) is 0 Å². The largest absolute Gasteiger partial charge is 0.544 e. The van der Waals surface area contributed by atoms with Gasteiger partial charge in [-0.3, -0.25) is 4.79 Å². The Labute approximate surface area is 161 Å². The normalized spacial score (nSPS) is 12.9. The number of amides is 1.